The van der Waals surface area contributed by atoms with E-state index >= 15 is 0 Å². The van der Waals surface area contributed by atoms with E-state index in [4.69, 9.17) is 16.3 Å². The second-order valence-electron chi connectivity index (χ2n) is 9.45. The summed E-state index contributed by atoms with van der Waals surface area (Å²) in [5, 5.41) is 3.67. The zero-order valence-corrected chi connectivity index (χ0v) is 23.2. The van der Waals surface area contributed by atoms with E-state index in [1.165, 1.54) is 4.31 Å². The van der Waals surface area contributed by atoms with Gasteiger partial charge in [-0.2, -0.15) is 0 Å². The molecule has 3 rings (SSSR count). The number of benzene rings is 2. The first-order valence-electron chi connectivity index (χ1n) is 12.5. The Morgan fingerprint density at radius 3 is 2.27 bits per heavy atom. The zero-order chi connectivity index (χ0) is 27.0. The van der Waals surface area contributed by atoms with Gasteiger partial charge in [-0.05, 0) is 68.1 Å². The average molecular weight is 550 g/mol. The van der Waals surface area contributed by atoms with Gasteiger partial charge >= 0.3 is 0 Å². The summed E-state index contributed by atoms with van der Waals surface area (Å²) in [5.74, 6) is 0.229. The summed E-state index contributed by atoms with van der Waals surface area (Å²) in [6.45, 7) is 2.12. The van der Waals surface area contributed by atoms with E-state index < -0.39 is 16.1 Å². The van der Waals surface area contributed by atoms with Gasteiger partial charge in [0.2, 0.25) is 21.8 Å². The van der Waals surface area contributed by atoms with E-state index in [0.29, 0.717) is 22.9 Å². The largest absolute Gasteiger partial charge is 0.497 e. The molecule has 2 amide bonds. The fraction of sp³-hybridized carbons (Fsp3) is 0.481. The van der Waals surface area contributed by atoms with Crippen LogP contribution in [0.1, 0.15) is 51.0 Å². The van der Waals surface area contributed by atoms with Crippen molar-refractivity contribution in [3.63, 3.8) is 0 Å². The number of hydrogen-bond donors (Lipinski definition) is 1. The maximum atomic E-state index is 13.4. The van der Waals surface area contributed by atoms with Gasteiger partial charge in [-0.1, -0.05) is 36.6 Å². The lowest BCUT2D eigenvalue weighted by Crippen LogP contribution is -2.49. The topological polar surface area (TPSA) is 96.0 Å². The Kier molecular flexibility index (Phi) is 10.2. The number of ether oxygens (including phenoxy) is 1. The number of nitrogens with zero attached hydrogens (tertiary/aromatic N) is 2. The second-order valence-corrected chi connectivity index (χ2v) is 11.8. The Morgan fingerprint density at radius 2 is 1.70 bits per heavy atom. The van der Waals surface area contributed by atoms with Gasteiger partial charge in [0.25, 0.3) is 0 Å². The molecule has 1 unspecified atom stereocenters. The van der Waals surface area contributed by atoms with E-state index in [0.717, 1.165) is 37.5 Å². The first kappa shape index (κ1) is 28.8. The molecule has 1 atom stereocenters. The summed E-state index contributed by atoms with van der Waals surface area (Å²) < 4.78 is 31.4. The third kappa shape index (κ3) is 8.36. The van der Waals surface area contributed by atoms with Gasteiger partial charge in [0.1, 0.15) is 11.8 Å². The Balaban J connectivity index is 1.70. The van der Waals surface area contributed by atoms with Crippen LogP contribution < -0.4 is 14.4 Å². The minimum Gasteiger partial charge on any atom is -0.497 e. The quantitative estimate of drug-likeness (QED) is 0.424. The second kappa shape index (κ2) is 13.1. The molecule has 0 radical (unpaired) electrons. The maximum Gasteiger partial charge on any atom is 0.242 e. The van der Waals surface area contributed by atoms with Crippen LogP contribution in [0, 0.1) is 0 Å². The van der Waals surface area contributed by atoms with Gasteiger partial charge < -0.3 is 15.0 Å². The fourth-order valence-corrected chi connectivity index (χ4v) is 5.60. The number of amides is 2. The predicted molar refractivity (Wildman–Crippen MR) is 146 cm³/mol. The van der Waals surface area contributed by atoms with Gasteiger partial charge in [0.15, 0.2) is 0 Å². The third-order valence-electron chi connectivity index (χ3n) is 6.65. The maximum absolute atomic E-state index is 13.4. The van der Waals surface area contributed by atoms with Crippen molar-refractivity contribution in [2.24, 2.45) is 0 Å². The summed E-state index contributed by atoms with van der Waals surface area (Å²) in [6, 6.07) is 13.4. The summed E-state index contributed by atoms with van der Waals surface area (Å²) in [7, 11) is -2.02. The lowest BCUT2D eigenvalue weighted by molar-refractivity contribution is -0.141. The van der Waals surface area contributed by atoms with Crippen LogP contribution in [-0.2, 0) is 26.2 Å². The van der Waals surface area contributed by atoms with Gasteiger partial charge in [0, 0.05) is 30.6 Å². The van der Waals surface area contributed by atoms with Gasteiger partial charge in [-0.25, -0.2) is 8.42 Å². The normalized spacial score (nSPS) is 14.7. The Morgan fingerprint density at radius 1 is 1.08 bits per heavy atom. The van der Waals surface area contributed by atoms with Crippen molar-refractivity contribution in [3.8, 4) is 5.75 Å². The highest BCUT2D eigenvalue weighted by Crippen LogP contribution is 2.23. The van der Waals surface area contributed by atoms with E-state index in [1.54, 1.807) is 55.3 Å². The van der Waals surface area contributed by atoms with Crippen LogP contribution in [0.4, 0.5) is 5.69 Å². The molecular formula is C27H36ClN3O5S. The van der Waals surface area contributed by atoms with E-state index in [9.17, 15) is 18.0 Å². The highest BCUT2D eigenvalue weighted by Gasteiger charge is 2.28. The minimum atomic E-state index is -3.56. The van der Waals surface area contributed by atoms with Crippen molar-refractivity contribution in [1.29, 1.82) is 0 Å². The molecule has 1 saturated carbocycles. The lowest BCUT2D eigenvalue weighted by atomic mass is 10.1. The summed E-state index contributed by atoms with van der Waals surface area (Å²) >= 11 is 6.02. The molecule has 0 spiro atoms. The molecule has 2 aromatic carbocycles. The summed E-state index contributed by atoms with van der Waals surface area (Å²) in [4.78, 5) is 28.0. The van der Waals surface area contributed by atoms with Crippen molar-refractivity contribution < 1.29 is 22.7 Å². The summed E-state index contributed by atoms with van der Waals surface area (Å²) in [5.41, 5.74) is 1.35. The van der Waals surface area contributed by atoms with Crippen LogP contribution >= 0.6 is 11.6 Å². The monoisotopic (exact) mass is 549 g/mol. The van der Waals surface area contributed by atoms with Crippen LogP contribution in [0.15, 0.2) is 48.5 Å². The van der Waals surface area contributed by atoms with E-state index in [2.05, 4.69) is 5.32 Å². The van der Waals surface area contributed by atoms with Gasteiger partial charge in [-0.15, -0.1) is 0 Å². The molecule has 1 aliphatic rings. The van der Waals surface area contributed by atoms with Crippen LogP contribution in [0.2, 0.25) is 5.02 Å². The highest BCUT2D eigenvalue weighted by atomic mass is 35.5. The number of halogens is 1. The molecule has 0 aliphatic heterocycles. The molecular weight excluding hydrogens is 514 g/mol. The number of sulfonamides is 1. The Bertz CT molecular complexity index is 1150. The molecule has 1 N–H and O–H groups in total. The molecule has 10 heteroatoms. The summed E-state index contributed by atoms with van der Waals surface area (Å²) in [6.07, 6.45) is 5.63. The van der Waals surface area contributed by atoms with Crippen LogP contribution in [0.3, 0.4) is 0 Å². The van der Waals surface area contributed by atoms with Crippen molar-refractivity contribution in [1.82, 2.24) is 10.2 Å². The number of carbonyl (C=O) groups excluding carboxylic acids is 2. The number of methoxy groups -OCH3 is 1. The number of anilines is 1. The van der Waals surface area contributed by atoms with E-state index in [1.807, 2.05) is 12.1 Å². The minimum absolute atomic E-state index is 0.0941. The standard InChI is InChI=1S/C27H36ClN3O5S/c1-20(27(33)29-23-7-4-5-8-23)30(19-21-10-12-22(28)13-11-21)26(32)9-6-18-31(37(3,34)35)24-14-16-25(36-2)17-15-24/h10-17,20,23H,4-9,18-19H2,1-3H3,(H,29,33). The molecule has 0 aromatic heterocycles. The van der Waals surface area contributed by atoms with Crippen molar-refractivity contribution >= 4 is 39.1 Å². The Hall–Kier alpha value is -2.78. The number of hydrogen-bond acceptors (Lipinski definition) is 5. The van der Waals surface area contributed by atoms with Crippen molar-refractivity contribution in [2.75, 3.05) is 24.2 Å². The van der Waals surface area contributed by atoms with E-state index in [-0.39, 0.29) is 37.4 Å². The average Bonchev–Trinajstić information content (AvgIpc) is 3.38. The number of carbonyl (C=O) groups is 2. The zero-order valence-electron chi connectivity index (χ0n) is 21.7. The molecule has 0 saturated heterocycles. The third-order valence-corrected chi connectivity index (χ3v) is 8.09. The predicted octanol–water partition coefficient (Wildman–Crippen LogP) is 4.37. The number of rotatable bonds is 12. The molecule has 2 aromatic rings. The van der Waals surface area contributed by atoms with Crippen LogP contribution in [-0.4, -0.2) is 57.1 Å². The number of nitrogens with one attached hydrogen (secondary N) is 1. The first-order chi connectivity index (χ1) is 17.6. The molecule has 0 bridgehead atoms. The molecule has 1 aliphatic carbocycles. The van der Waals surface area contributed by atoms with Crippen molar-refractivity contribution in [3.05, 3.63) is 59.1 Å². The molecule has 0 heterocycles. The Labute approximate surface area is 225 Å². The smallest absolute Gasteiger partial charge is 0.242 e. The van der Waals surface area contributed by atoms with Gasteiger partial charge in [-0.3, -0.25) is 13.9 Å². The van der Waals surface area contributed by atoms with Crippen LogP contribution in [0.25, 0.3) is 0 Å². The van der Waals surface area contributed by atoms with Gasteiger partial charge in [0.05, 0.1) is 19.1 Å². The molecule has 1 fully saturated rings. The van der Waals surface area contributed by atoms with Crippen LogP contribution in [0.5, 0.6) is 5.75 Å². The molecule has 37 heavy (non-hydrogen) atoms. The fourth-order valence-electron chi connectivity index (χ4n) is 4.51. The van der Waals surface area contributed by atoms with Crippen molar-refractivity contribution in [2.45, 2.75) is 64.1 Å². The molecule has 202 valence electrons. The first-order valence-corrected chi connectivity index (χ1v) is 14.8. The lowest BCUT2D eigenvalue weighted by Gasteiger charge is -2.30. The highest BCUT2D eigenvalue weighted by molar-refractivity contribution is 7.92. The molecule has 8 nitrogen and oxygen atoms in total. The SMILES string of the molecule is COc1ccc(N(CCCC(=O)N(Cc2ccc(Cl)cc2)C(C)C(=O)NC2CCCC2)S(C)(=O)=O)cc1.